The first-order valence-electron chi connectivity index (χ1n) is 10.6. The maximum atomic E-state index is 6.09. The van der Waals surface area contributed by atoms with E-state index in [1.54, 1.807) is 18.5 Å². The number of ether oxygens (including phenoxy) is 2. The number of nitrogens with zero attached hydrogens (tertiary/aromatic N) is 3. The van der Waals surface area contributed by atoms with Gasteiger partial charge in [-0.1, -0.05) is 29.8 Å². The third kappa shape index (κ3) is 6.74. The molecule has 1 N–H and O–H groups in total. The Morgan fingerprint density at radius 2 is 1.68 bits per heavy atom. The topological polar surface area (TPSA) is 69.2 Å². The molecule has 0 aliphatic carbocycles. The molecule has 8 heteroatoms. The molecule has 31 heavy (non-hydrogen) atoms. The molecular formula is C23H28Cl2N4O2. The first-order valence-corrected chi connectivity index (χ1v) is 10.9. The lowest BCUT2D eigenvalue weighted by Gasteiger charge is -2.26. The Bertz CT molecular complexity index is 948. The van der Waals surface area contributed by atoms with Crippen LogP contribution in [0.15, 0.2) is 48.8 Å². The van der Waals surface area contributed by atoms with E-state index >= 15 is 0 Å². The molecule has 5 rings (SSSR count). The van der Waals surface area contributed by atoms with Gasteiger partial charge in [0.25, 0.3) is 0 Å². The molecule has 166 valence electrons. The fourth-order valence-electron chi connectivity index (χ4n) is 3.79. The number of benzene rings is 1. The second kappa shape index (κ2) is 12.2. The summed E-state index contributed by atoms with van der Waals surface area (Å²) in [7, 11) is 0. The number of fused-ring (bicyclic) bond motifs is 1. The Kier molecular flexibility index (Phi) is 9.28. The van der Waals surface area contributed by atoms with Gasteiger partial charge in [0.2, 0.25) is 5.88 Å². The molecule has 2 aromatic heterocycles. The number of nitrogens with one attached hydrogen (secondary N) is 1. The fourth-order valence-corrected chi connectivity index (χ4v) is 3.94. The van der Waals surface area contributed by atoms with Crippen LogP contribution in [0.2, 0.25) is 5.15 Å². The van der Waals surface area contributed by atoms with Crippen LogP contribution in [0.1, 0.15) is 37.3 Å². The molecule has 2 aliphatic heterocycles. The minimum atomic E-state index is 0. The van der Waals surface area contributed by atoms with E-state index in [1.807, 2.05) is 30.3 Å². The summed E-state index contributed by atoms with van der Waals surface area (Å²) in [5.41, 5.74) is 1.96. The highest BCUT2D eigenvalue weighted by atomic mass is 35.5. The molecule has 1 aromatic carbocycles. The van der Waals surface area contributed by atoms with Gasteiger partial charge in [0, 0.05) is 36.9 Å². The van der Waals surface area contributed by atoms with Gasteiger partial charge in [-0.05, 0) is 57.0 Å². The number of hydrogen-bond donors (Lipinski definition) is 1. The van der Waals surface area contributed by atoms with Crippen LogP contribution in [-0.4, -0.2) is 47.4 Å². The van der Waals surface area contributed by atoms with Crippen LogP contribution in [0.5, 0.6) is 5.88 Å². The highest BCUT2D eigenvalue weighted by molar-refractivity contribution is 6.29. The smallest absolute Gasteiger partial charge is 0.236 e. The van der Waals surface area contributed by atoms with E-state index < -0.39 is 0 Å². The van der Waals surface area contributed by atoms with Crippen LogP contribution in [-0.2, 0) is 4.74 Å². The summed E-state index contributed by atoms with van der Waals surface area (Å²) in [6.07, 6.45) is 7.88. The molecule has 0 radical (unpaired) electrons. The highest BCUT2D eigenvalue weighted by Gasteiger charge is 2.24. The number of hydrogen-bond acceptors (Lipinski definition) is 6. The zero-order valence-corrected chi connectivity index (χ0v) is 18.9. The van der Waals surface area contributed by atoms with Gasteiger partial charge in [0.05, 0.1) is 5.52 Å². The summed E-state index contributed by atoms with van der Waals surface area (Å²) < 4.78 is 11.5. The average molecular weight is 463 g/mol. The van der Waals surface area contributed by atoms with Crippen molar-refractivity contribution < 1.29 is 9.47 Å². The lowest BCUT2D eigenvalue weighted by atomic mass is 9.96. The predicted octanol–water partition coefficient (Wildman–Crippen LogP) is 4.81. The number of rotatable bonds is 3. The summed E-state index contributed by atoms with van der Waals surface area (Å²) >= 11 is 5.71. The summed E-state index contributed by atoms with van der Waals surface area (Å²) in [5, 5.41) is 5.01. The molecular weight excluding hydrogens is 435 g/mol. The van der Waals surface area contributed by atoms with Crippen LogP contribution in [0.25, 0.3) is 10.9 Å². The van der Waals surface area contributed by atoms with Gasteiger partial charge in [0.15, 0.2) is 0 Å². The average Bonchev–Trinajstić information content (AvgIpc) is 2.81. The molecule has 0 atom stereocenters. The first-order chi connectivity index (χ1) is 14.8. The Labute approximate surface area is 194 Å². The van der Waals surface area contributed by atoms with E-state index in [4.69, 9.17) is 21.1 Å². The SMILES string of the molecule is Cl.Clc1ccc2ccccc2n1.c1cnc(C2CCOCC2)c(OC2CCNCC2)n1. The molecule has 6 nitrogen and oxygen atoms in total. The summed E-state index contributed by atoms with van der Waals surface area (Å²) in [6.45, 7) is 3.68. The van der Waals surface area contributed by atoms with Crippen LogP contribution < -0.4 is 10.1 Å². The second-order valence-corrected chi connectivity index (χ2v) is 7.91. The Morgan fingerprint density at radius 3 is 2.48 bits per heavy atom. The van der Waals surface area contributed by atoms with E-state index in [0.29, 0.717) is 11.1 Å². The van der Waals surface area contributed by atoms with Crippen molar-refractivity contribution in [3.05, 3.63) is 59.6 Å². The molecule has 0 bridgehead atoms. The van der Waals surface area contributed by atoms with Crippen molar-refractivity contribution >= 4 is 34.9 Å². The van der Waals surface area contributed by atoms with Crippen LogP contribution in [0.3, 0.4) is 0 Å². The lowest BCUT2D eigenvalue weighted by Crippen LogP contribution is -2.34. The minimum absolute atomic E-state index is 0. The van der Waals surface area contributed by atoms with Crippen LogP contribution >= 0.6 is 24.0 Å². The Morgan fingerprint density at radius 1 is 0.935 bits per heavy atom. The molecule has 0 amide bonds. The molecule has 4 heterocycles. The largest absolute Gasteiger partial charge is 0.473 e. The highest BCUT2D eigenvalue weighted by Crippen LogP contribution is 2.31. The van der Waals surface area contributed by atoms with Crippen molar-refractivity contribution in [3.8, 4) is 5.88 Å². The predicted molar refractivity (Wildman–Crippen MR) is 125 cm³/mol. The van der Waals surface area contributed by atoms with Crippen molar-refractivity contribution in [2.45, 2.75) is 37.7 Å². The number of pyridine rings is 1. The molecule has 2 fully saturated rings. The molecule has 0 unspecified atom stereocenters. The summed E-state index contributed by atoms with van der Waals surface area (Å²) in [4.78, 5) is 13.1. The van der Waals surface area contributed by atoms with E-state index in [0.717, 1.165) is 74.5 Å². The minimum Gasteiger partial charge on any atom is -0.473 e. The second-order valence-electron chi connectivity index (χ2n) is 7.53. The number of aromatic nitrogens is 3. The molecule has 2 saturated heterocycles. The maximum absolute atomic E-state index is 6.09. The Hall–Kier alpha value is -1.99. The summed E-state index contributed by atoms with van der Waals surface area (Å²) in [5.74, 6) is 1.17. The summed E-state index contributed by atoms with van der Waals surface area (Å²) in [6, 6.07) is 11.7. The van der Waals surface area contributed by atoms with Gasteiger partial charge in [-0.2, -0.15) is 0 Å². The first kappa shape index (κ1) is 23.7. The van der Waals surface area contributed by atoms with E-state index in [2.05, 4.69) is 20.3 Å². The Balaban J connectivity index is 0.000000194. The number of piperidine rings is 1. The third-order valence-corrected chi connectivity index (χ3v) is 5.64. The molecule has 0 spiro atoms. The van der Waals surface area contributed by atoms with Gasteiger partial charge < -0.3 is 14.8 Å². The van der Waals surface area contributed by atoms with E-state index in [1.165, 1.54) is 0 Å². The van der Waals surface area contributed by atoms with E-state index in [-0.39, 0.29) is 18.5 Å². The quantitative estimate of drug-likeness (QED) is 0.563. The van der Waals surface area contributed by atoms with Gasteiger partial charge in [0.1, 0.15) is 17.0 Å². The van der Waals surface area contributed by atoms with Crippen molar-refractivity contribution in [1.82, 2.24) is 20.3 Å². The van der Waals surface area contributed by atoms with Gasteiger partial charge >= 0.3 is 0 Å². The maximum Gasteiger partial charge on any atom is 0.236 e. The van der Waals surface area contributed by atoms with Crippen LogP contribution in [0, 0.1) is 0 Å². The zero-order valence-electron chi connectivity index (χ0n) is 17.4. The van der Waals surface area contributed by atoms with Crippen LogP contribution in [0.4, 0.5) is 0 Å². The molecule has 2 aliphatic rings. The van der Waals surface area contributed by atoms with Crippen molar-refractivity contribution in [3.63, 3.8) is 0 Å². The molecule has 0 saturated carbocycles. The third-order valence-electron chi connectivity index (χ3n) is 5.43. The monoisotopic (exact) mass is 462 g/mol. The van der Waals surface area contributed by atoms with Crippen molar-refractivity contribution in [2.24, 2.45) is 0 Å². The normalized spacial score (nSPS) is 17.3. The van der Waals surface area contributed by atoms with Gasteiger partial charge in [-0.3, -0.25) is 4.98 Å². The standard InChI is InChI=1S/C14H21N3O2.C9H6ClN.ClH/c1-5-15-6-2-12(1)19-14-13(16-7-8-17-14)11-3-9-18-10-4-11;10-9-6-5-7-3-1-2-4-8(7)11-9;/h7-8,11-12,15H,1-6,9-10H2;1-6H;1H. The number of para-hydroxylation sites is 1. The lowest BCUT2D eigenvalue weighted by molar-refractivity contribution is 0.0821. The zero-order chi connectivity index (χ0) is 20.6. The fraction of sp³-hybridized carbons (Fsp3) is 0.435. The van der Waals surface area contributed by atoms with E-state index in [9.17, 15) is 0 Å². The van der Waals surface area contributed by atoms with Crippen molar-refractivity contribution in [1.29, 1.82) is 0 Å². The van der Waals surface area contributed by atoms with Gasteiger partial charge in [-0.15, -0.1) is 12.4 Å². The van der Waals surface area contributed by atoms with Gasteiger partial charge in [-0.25, -0.2) is 9.97 Å². The molecule has 3 aromatic rings. The number of halogens is 2. The van der Waals surface area contributed by atoms with Crippen molar-refractivity contribution in [2.75, 3.05) is 26.3 Å².